The molecule has 1 aliphatic heterocycles. The third-order valence-electron chi connectivity index (χ3n) is 15.0. The molecule has 9 N–H and O–H groups in total. The fraction of sp³-hybridized carbons (Fsp3) is 0.852. The summed E-state index contributed by atoms with van der Waals surface area (Å²) in [5, 5.41) is 9.45. The Morgan fingerprint density at radius 2 is 1.10 bits per heavy atom. The van der Waals surface area contributed by atoms with Crippen molar-refractivity contribution in [2.24, 2.45) is 11.8 Å². The van der Waals surface area contributed by atoms with Crippen LogP contribution in [0.5, 0.6) is 0 Å². The van der Waals surface area contributed by atoms with E-state index in [2.05, 4.69) is 9.97 Å². The second kappa shape index (κ2) is 39.9. The number of unbranched alkanes of at least 4 members (excludes halogenated alkanes) is 18. The molecule has 2 aromatic heterocycles. The summed E-state index contributed by atoms with van der Waals surface area (Å²) in [7, 11) is -14.3. The minimum Gasteiger partial charge on any atom is -0.777 e. The summed E-state index contributed by atoms with van der Waals surface area (Å²) in [6.07, 6.45) is 35.7. The Labute approximate surface area is 477 Å². The first-order valence-corrected chi connectivity index (χ1v) is 36.7. The Balaban J connectivity index is 0.000000415. The first kappa shape index (κ1) is 71.7. The van der Waals surface area contributed by atoms with E-state index in [1.165, 1.54) is 164 Å². The predicted octanol–water partition coefficient (Wildman–Crippen LogP) is 9.31. The van der Waals surface area contributed by atoms with Crippen LogP contribution in [0.15, 0.2) is 34.1 Å². The first-order chi connectivity index (χ1) is 37.8. The molecule has 2 aliphatic carbocycles. The summed E-state index contributed by atoms with van der Waals surface area (Å²) in [6.45, 7) is -0.727. The maximum Gasteiger partial charge on any atom is 0.356 e. The van der Waals surface area contributed by atoms with Crippen molar-refractivity contribution in [1.82, 2.24) is 25.3 Å². The Morgan fingerprint density at radius 1 is 0.675 bits per heavy atom. The summed E-state index contributed by atoms with van der Waals surface area (Å²) in [6, 6.07) is 2.90. The lowest BCUT2D eigenvalue weighted by atomic mass is 9.81. The largest absolute Gasteiger partial charge is 0.777 e. The van der Waals surface area contributed by atoms with Gasteiger partial charge in [0.05, 0.1) is 68.6 Å². The fourth-order valence-electron chi connectivity index (χ4n) is 9.73. The third kappa shape index (κ3) is 32.5. The molecule has 4 atom stereocenters. The molecule has 2 aromatic rings. The van der Waals surface area contributed by atoms with Gasteiger partial charge in [-0.1, -0.05) is 167 Å². The normalized spacial score (nSPS) is 19.0. The molecule has 5 rings (SSSR count). The van der Waals surface area contributed by atoms with Gasteiger partial charge in [-0.25, -0.2) is 26.4 Å². The van der Waals surface area contributed by atoms with E-state index in [0.717, 1.165) is 48.5 Å². The zero-order chi connectivity index (χ0) is 57.3. The number of nitrogen functional groups attached to an aromatic ring is 2. The van der Waals surface area contributed by atoms with Crippen molar-refractivity contribution >= 4 is 46.5 Å². The molecule has 22 nitrogen and oxygen atoms in total. The van der Waals surface area contributed by atoms with Crippen LogP contribution in [0.1, 0.15) is 193 Å². The van der Waals surface area contributed by atoms with Gasteiger partial charge < -0.3 is 55.2 Å². The molecule has 0 amide bonds. The van der Waals surface area contributed by atoms with Crippen molar-refractivity contribution in [2.45, 2.75) is 218 Å². The van der Waals surface area contributed by atoms with Crippen LogP contribution < -0.4 is 33.9 Å². The standard InChI is InChI=1S/C27H50N3O8PS.C27H48N3O7PS.H3N/c28-26-16-17-30(27(32)29-26)21-25(22-31)37-23-39(33,34)38-18-12-20-40(35,36)19-10-8-6-4-2-1-3-5-7-9-13-24-14-11-15-24;28-26-16-17-30(27(31)29-26)21-25-22-37-38(32,23-35-25)36-18-12-20-39(33,34)19-10-8-6-4-2-1-3-5-7-9-13-24-14-11-15-24;/h16-17,24-25,31H,1-15,18-23H2,(H,33,34)(H2,28,29,32);16-17,24-25H,1-15,18-23H2,(H2,28,29,31);1H3/t25-;25-,38?;/m00./s1. The van der Waals surface area contributed by atoms with Gasteiger partial charge in [0.15, 0.2) is 7.60 Å². The smallest absolute Gasteiger partial charge is 0.356 e. The predicted molar refractivity (Wildman–Crippen MR) is 314 cm³/mol. The summed E-state index contributed by atoms with van der Waals surface area (Å²) >= 11 is 0. The van der Waals surface area contributed by atoms with Gasteiger partial charge >= 0.3 is 19.0 Å². The van der Waals surface area contributed by atoms with E-state index in [1.807, 2.05) is 0 Å². The zero-order valence-electron chi connectivity index (χ0n) is 48.1. The van der Waals surface area contributed by atoms with Crippen molar-refractivity contribution < 1.29 is 59.0 Å². The highest BCUT2D eigenvalue weighted by Crippen LogP contribution is 2.51. The van der Waals surface area contributed by atoms with E-state index < -0.39 is 71.4 Å². The van der Waals surface area contributed by atoms with Gasteiger partial charge in [-0.3, -0.25) is 13.7 Å². The molecule has 0 bridgehead atoms. The first-order valence-electron chi connectivity index (χ1n) is 29.6. The summed E-state index contributed by atoms with van der Waals surface area (Å²) in [4.78, 5) is 42.9. The van der Waals surface area contributed by atoms with Crippen LogP contribution in [-0.4, -0.2) is 115 Å². The molecule has 2 saturated carbocycles. The second-order valence-electron chi connectivity index (χ2n) is 22.0. The number of rotatable bonds is 44. The van der Waals surface area contributed by atoms with Crippen LogP contribution in [0.3, 0.4) is 0 Å². The molecule has 1 saturated heterocycles. The third-order valence-corrected chi connectivity index (χ3v) is 21.3. The van der Waals surface area contributed by atoms with Crippen LogP contribution in [0.25, 0.3) is 0 Å². The number of anilines is 2. The fourth-order valence-corrected chi connectivity index (χ4v) is 14.8. The molecular weight excluding hydrogens is 1110 g/mol. The highest BCUT2D eigenvalue weighted by molar-refractivity contribution is 7.91. The number of aliphatic hydroxyl groups excluding tert-OH is 1. The summed E-state index contributed by atoms with van der Waals surface area (Å²) < 4.78 is 103. The van der Waals surface area contributed by atoms with Gasteiger partial charge in [0.2, 0.25) is 0 Å². The molecular formula is C54H101N7O15P2S2. The monoisotopic (exact) mass is 1210 g/mol. The van der Waals surface area contributed by atoms with Gasteiger partial charge in [0.25, 0.3) is 0 Å². The lowest BCUT2D eigenvalue weighted by Crippen LogP contribution is -2.35. The lowest BCUT2D eigenvalue weighted by Gasteiger charge is -2.29. The molecule has 2 unspecified atom stereocenters. The topological polar surface area (TPSA) is 350 Å². The van der Waals surface area contributed by atoms with Crippen LogP contribution >= 0.6 is 15.2 Å². The minimum absolute atomic E-state index is 0. The number of sulfone groups is 2. The van der Waals surface area contributed by atoms with Crippen molar-refractivity contribution in [3.63, 3.8) is 0 Å². The molecule has 3 fully saturated rings. The molecule has 0 aromatic carbocycles. The van der Waals surface area contributed by atoms with Gasteiger partial charge in [-0.2, -0.15) is 9.97 Å². The Morgan fingerprint density at radius 3 is 1.51 bits per heavy atom. The zero-order valence-corrected chi connectivity index (χ0v) is 51.6. The molecule has 0 spiro atoms. The number of aliphatic hydroxyl groups is 1. The molecule has 26 heteroatoms. The second-order valence-corrected chi connectivity index (χ2v) is 30.4. The molecule has 3 aliphatic rings. The average Bonchev–Trinajstić information content (AvgIpc) is 3.37. The number of hydrogen-bond acceptors (Lipinski definition) is 19. The Kier molecular flexibility index (Phi) is 35.7. The number of aromatic nitrogens is 4. The van der Waals surface area contributed by atoms with Crippen LogP contribution in [-0.2, 0) is 64.9 Å². The van der Waals surface area contributed by atoms with Crippen molar-refractivity contribution in [3.8, 4) is 0 Å². The maximum atomic E-state index is 12.7. The Bertz CT molecular complexity index is 2430. The van der Waals surface area contributed by atoms with E-state index in [9.17, 15) is 45.6 Å². The van der Waals surface area contributed by atoms with Crippen molar-refractivity contribution in [1.29, 1.82) is 0 Å². The van der Waals surface area contributed by atoms with Crippen molar-refractivity contribution in [3.05, 3.63) is 45.5 Å². The van der Waals surface area contributed by atoms with Crippen LogP contribution in [0.2, 0.25) is 0 Å². The highest BCUT2D eigenvalue weighted by atomic mass is 32.2. The van der Waals surface area contributed by atoms with E-state index >= 15 is 0 Å². The number of hydrogen-bond donors (Lipinski definition) is 4. The van der Waals surface area contributed by atoms with E-state index in [1.54, 1.807) is 0 Å². The minimum atomic E-state index is -4.42. The number of quaternary nitrogens is 1. The van der Waals surface area contributed by atoms with Gasteiger partial charge in [-0.15, -0.1) is 0 Å². The summed E-state index contributed by atoms with van der Waals surface area (Å²) in [5.41, 5.74) is 9.76. The number of nitrogens with two attached hydrogens (primary N) is 2. The van der Waals surface area contributed by atoms with E-state index in [4.69, 9.17) is 34.5 Å². The van der Waals surface area contributed by atoms with E-state index in [-0.39, 0.29) is 92.9 Å². The SMILES string of the molecule is Nc1ccn(C[C@@H](CO)OCP(=O)([O-])OCCCS(=O)(=O)CCCCCCCCCCCCC2CCC2)c(=O)n1.Nc1ccn(C[C@H]2COP(=O)(OCCCS(=O)(=O)CCCCCCCCCCCCC3CCC3)CO2)c(=O)n1.[NH4+]. The number of ether oxygens (including phenoxy) is 2. The molecule has 3 heterocycles. The Hall–Kier alpha value is -2.60. The molecule has 464 valence electrons. The quantitative estimate of drug-likeness (QED) is 0.0354. The van der Waals surface area contributed by atoms with Gasteiger partial charge in [0.1, 0.15) is 50.1 Å². The summed E-state index contributed by atoms with van der Waals surface area (Å²) in [5.74, 6) is 2.39. The van der Waals surface area contributed by atoms with Gasteiger partial charge in [-0.05, 0) is 49.7 Å². The lowest BCUT2D eigenvalue weighted by molar-refractivity contribution is -0.205. The maximum absolute atomic E-state index is 12.7. The van der Waals surface area contributed by atoms with E-state index in [0.29, 0.717) is 12.8 Å². The van der Waals surface area contributed by atoms with Crippen molar-refractivity contribution in [2.75, 3.05) is 73.6 Å². The molecule has 80 heavy (non-hydrogen) atoms. The van der Waals surface area contributed by atoms with Gasteiger partial charge in [0, 0.05) is 12.4 Å². The highest BCUT2D eigenvalue weighted by Gasteiger charge is 2.34. The van der Waals surface area contributed by atoms with Crippen LogP contribution in [0.4, 0.5) is 11.6 Å². The molecule has 0 radical (unpaired) electrons. The number of nitrogens with zero attached hydrogens (tertiary/aromatic N) is 4. The average molecular weight is 1210 g/mol. The van der Waals surface area contributed by atoms with Crippen LogP contribution in [0, 0.1) is 11.8 Å².